The van der Waals surface area contributed by atoms with Crippen LogP contribution in [0.15, 0.2) is 33.6 Å². The first-order chi connectivity index (χ1) is 9.95. The van der Waals surface area contributed by atoms with Gasteiger partial charge in [0.15, 0.2) is 0 Å². The van der Waals surface area contributed by atoms with Crippen LogP contribution in [-0.4, -0.2) is 27.4 Å². The summed E-state index contributed by atoms with van der Waals surface area (Å²) in [7, 11) is -3.55. The van der Waals surface area contributed by atoms with E-state index in [1.165, 1.54) is 12.1 Å². The van der Waals surface area contributed by atoms with E-state index in [4.69, 9.17) is 0 Å². The molecule has 2 N–H and O–H groups in total. The van der Waals surface area contributed by atoms with Gasteiger partial charge in [0.25, 0.3) is 0 Å². The Labute approximate surface area is 134 Å². The number of rotatable bonds is 9. The van der Waals surface area contributed by atoms with E-state index in [1.54, 1.807) is 12.1 Å². The largest absolute Gasteiger partial charge is 0.356 e. The minimum absolute atomic E-state index is 0.0952. The Balaban J connectivity index is 2.34. The standard InChI is InChI=1S/C14H21BrN2O3S/c1-2-3-4-10-16-14(18)9-11-17-21(19,20)13-7-5-12(15)6-8-13/h5-8,17H,2-4,9-11H2,1H3,(H,16,18). The smallest absolute Gasteiger partial charge is 0.240 e. The number of amides is 1. The second-order valence-corrected chi connectivity index (χ2v) is 7.34. The zero-order chi connectivity index (χ0) is 15.7. The second-order valence-electron chi connectivity index (χ2n) is 4.66. The van der Waals surface area contributed by atoms with Gasteiger partial charge in [0, 0.05) is 24.0 Å². The molecule has 0 radical (unpaired) electrons. The number of carbonyl (C=O) groups excluding carboxylic acids is 1. The number of nitrogens with one attached hydrogen (secondary N) is 2. The van der Waals surface area contributed by atoms with Crippen molar-refractivity contribution < 1.29 is 13.2 Å². The highest BCUT2D eigenvalue weighted by Gasteiger charge is 2.13. The van der Waals surface area contributed by atoms with Crippen LogP contribution in [0.4, 0.5) is 0 Å². The fourth-order valence-electron chi connectivity index (χ4n) is 1.69. The summed E-state index contributed by atoms with van der Waals surface area (Å²) in [6, 6.07) is 6.35. The van der Waals surface area contributed by atoms with Crippen molar-refractivity contribution in [2.45, 2.75) is 37.5 Å². The molecule has 0 atom stereocenters. The van der Waals surface area contributed by atoms with Gasteiger partial charge in [0.05, 0.1) is 4.90 Å². The van der Waals surface area contributed by atoms with E-state index in [2.05, 4.69) is 32.9 Å². The number of hydrogen-bond acceptors (Lipinski definition) is 3. The molecule has 5 nitrogen and oxygen atoms in total. The van der Waals surface area contributed by atoms with Crippen LogP contribution in [0.1, 0.15) is 32.6 Å². The van der Waals surface area contributed by atoms with Crippen LogP contribution in [0.5, 0.6) is 0 Å². The van der Waals surface area contributed by atoms with Gasteiger partial charge in [-0.2, -0.15) is 0 Å². The maximum atomic E-state index is 12.0. The lowest BCUT2D eigenvalue weighted by molar-refractivity contribution is -0.120. The molecule has 0 saturated heterocycles. The topological polar surface area (TPSA) is 75.3 Å². The SMILES string of the molecule is CCCCCNC(=O)CCNS(=O)(=O)c1ccc(Br)cc1. The molecular weight excluding hydrogens is 356 g/mol. The van der Waals surface area contributed by atoms with Crippen molar-refractivity contribution in [3.8, 4) is 0 Å². The lowest BCUT2D eigenvalue weighted by Crippen LogP contribution is -2.31. The van der Waals surface area contributed by atoms with Crippen molar-refractivity contribution in [2.24, 2.45) is 0 Å². The highest BCUT2D eigenvalue weighted by Crippen LogP contribution is 2.14. The van der Waals surface area contributed by atoms with E-state index in [-0.39, 0.29) is 23.8 Å². The van der Waals surface area contributed by atoms with E-state index in [0.717, 1.165) is 23.7 Å². The van der Waals surface area contributed by atoms with Crippen molar-refractivity contribution in [3.05, 3.63) is 28.7 Å². The van der Waals surface area contributed by atoms with Crippen molar-refractivity contribution in [1.82, 2.24) is 10.0 Å². The lowest BCUT2D eigenvalue weighted by atomic mass is 10.2. The number of carbonyl (C=O) groups is 1. The number of hydrogen-bond donors (Lipinski definition) is 2. The maximum absolute atomic E-state index is 12.0. The quantitative estimate of drug-likeness (QED) is 0.649. The van der Waals surface area contributed by atoms with Gasteiger partial charge in [-0.15, -0.1) is 0 Å². The van der Waals surface area contributed by atoms with Crippen molar-refractivity contribution in [2.75, 3.05) is 13.1 Å². The first-order valence-corrected chi connectivity index (χ1v) is 9.25. The van der Waals surface area contributed by atoms with Crippen LogP contribution < -0.4 is 10.0 Å². The summed E-state index contributed by atoms with van der Waals surface area (Å²) < 4.78 is 27.2. The van der Waals surface area contributed by atoms with E-state index in [1.807, 2.05) is 0 Å². The third-order valence-corrected chi connectivity index (χ3v) is 4.88. The molecule has 1 aromatic rings. The molecule has 0 fully saturated rings. The Kier molecular flexibility index (Phi) is 7.92. The number of sulfonamides is 1. The van der Waals surface area contributed by atoms with Gasteiger partial charge in [-0.1, -0.05) is 35.7 Å². The minimum atomic E-state index is -3.55. The average molecular weight is 377 g/mol. The monoisotopic (exact) mass is 376 g/mol. The Morgan fingerprint density at radius 2 is 1.81 bits per heavy atom. The zero-order valence-corrected chi connectivity index (χ0v) is 14.5. The lowest BCUT2D eigenvalue weighted by Gasteiger charge is -2.07. The number of unbranched alkanes of at least 4 members (excludes halogenated alkanes) is 2. The van der Waals surface area contributed by atoms with E-state index in [9.17, 15) is 13.2 Å². The Bertz CT molecular complexity index is 544. The summed E-state index contributed by atoms with van der Waals surface area (Å²) in [6.07, 6.45) is 3.27. The Hall–Kier alpha value is -0.920. The highest BCUT2D eigenvalue weighted by atomic mass is 79.9. The molecule has 0 bridgehead atoms. The van der Waals surface area contributed by atoms with Crippen molar-refractivity contribution in [3.63, 3.8) is 0 Å². The summed E-state index contributed by atoms with van der Waals surface area (Å²) in [6.45, 7) is 2.84. The first kappa shape index (κ1) is 18.1. The van der Waals surface area contributed by atoms with Gasteiger partial charge in [-0.3, -0.25) is 4.79 Å². The summed E-state index contributed by atoms with van der Waals surface area (Å²) in [5, 5.41) is 2.77. The van der Waals surface area contributed by atoms with E-state index in [0.29, 0.717) is 6.54 Å². The van der Waals surface area contributed by atoms with Crippen molar-refractivity contribution in [1.29, 1.82) is 0 Å². The molecule has 0 spiro atoms. The Morgan fingerprint density at radius 1 is 1.14 bits per heavy atom. The van der Waals surface area contributed by atoms with Crippen LogP contribution in [0.2, 0.25) is 0 Å². The molecule has 1 aromatic carbocycles. The van der Waals surface area contributed by atoms with Crippen LogP contribution in [0, 0.1) is 0 Å². The molecule has 0 aromatic heterocycles. The zero-order valence-electron chi connectivity index (χ0n) is 12.1. The van der Waals surface area contributed by atoms with Crippen LogP contribution in [0.3, 0.4) is 0 Å². The predicted molar refractivity (Wildman–Crippen MR) is 86.5 cm³/mol. The molecule has 0 aliphatic carbocycles. The number of halogens is 1. The summed E-state index contributed by atoms with van der Waals surface area (Å²) in [4.78, 5) is 11.7. The fraction of sp³-hybridized carbons (Fsp3) is 0.500. The van der Waals surface area contributed by atoms with Gasteiger partial charge in [-0.25, -0.2) is 13.1 Å². The van der Waals surface area contributed by atoms with Crippen molar-refractivity contribution >= 4 is 31.9 Å². The maximum Gasteiger partial charge on any atom is 0.240 e. The van der Waals surface area contributed by atoms with Crippen LogP contribution in [0.25, 0.3) is 0 Å². The molecule has 0 heterocycles. The molecule has 1 amide bonds. The molecule has 0 aliphatic heterocycles. The first-order valence-electron chi connectivity index (χ1n) is 6.97. The van der Waals surface area contributed by atoms with Crippen LogP contribution >= 0.6 is 15.9 Å². The molecule has 21 heavy (non-hydrogen) atoms. The Morgan fingerprint density at radius 3 is 2.43 bits per heavy atom. The van der Waals surface area contributed by atoms with E-state index < -0.39 is 10.0 Å². The summed E-state index contributed by atoms with van der Waals surface area (Å²) in [5.41, 5.74) is 0. The highest BCUT2D eigenvalue weighted by molar-refractivity contribution is 9.10. The average Bonchev–Trinajstić information content (AvgIpc) is 2.44. The summed E-state index contributed by atoms with van der Waals surface area (Å²) in [5.74, 6) is -0.135. The molecule has 118 valence electrons. The van der Waals surface area contributed by atoms with Crippen LogP contribution in [-0.2, 0) is 14.8 Å². The molecule has 0 unspecified atom stereocenters. The third-order valence-electron chi connectivity index (χ3n) is 2.87. The minimum Gasteiger partial charge on any atom is -0.356 e. The fourth-order valence-corrected chi connectivity index (χ4v) is 2.98. The molecule has 0 aliphatic rings. The molecule has 0 saturated carbocycles. The van der Waals surface area contributed by atoms with Gasteiger partial charge >= 0.3 is 0 Å². The molecule has 7 heteroatoms. The predicted octanol–water partition coefficient (Wildman–Crippen LogP) is 2.42. The van der Waals surface area contributed by atoms with Gasteiger partial charge in [0.1, 0.15) is 0 Å². The van der Waals surface area contributed by atoms with Gasteiger partial charge < -0.3 is 5.32 Å². The second kappa shape index (κ2) is 9.17. The third kappa shape index (κ3) is 7.06. The normalized spacial score (nSPS) is 11.3. The molecular formula is C14H21BrN2O3S. The van der Waals surface area contributed by atoms with Gasteiger partial charge in [0.2, 0.25) is 15.9 Å². The number of benzene rings is 1. The molecule has 1 rings (SSSR count). The van der Waals surface area contributed by atoms with E-state index >= 15 is 0 Å². The summed E-state index contributed by atoms with van der Waals surface area (Å²) >= 11 is 3.25. The van der Waals surface area contributed by atoms with Gasteiger partial charge in [-0.05, 0) is 30.7 Å².